The van der Waals surface area contributed by atoms with E-state index in [9.17, 15) is 9.59 Å². The molecule has 0 aliphatic carbocycles. The van der Waals surface area contributed by atoms with Crippen LogP contribution < -0.4 is 0 Å². The molecule has 0 radical (unpaired) electrons. The molecule has 1 aliphatic rings. The van der Waals surface area contributed by atoms with Crippen LogP contribution in [0.1, 0.15) is 58.9 Å². The van der Waals surface area contributed by atoms with Crippen LogP contribution in [0, 0.1) is 0 Å². The normalized spacial score (nSPS) is 16.7. The number of thioether (sulfide) groups is 1. The Morgan fingerprint density at radius 3 is 2.67 bits per heavy atom. The second kappa shape index (κ2) is 7.93. The van der Waals surface area contributed by atoms with Crippen LogP contribution in [-0.2, 0) is 9.53 Å². The van der Waals surface area contributed by atoms with Crippen LogP contribution >= 0.6 is 11.8 Å². The summed E-state index contributed by atoms with van der Waals surface area (Å²) in [5.74, 6) is 0. The molecule has 2 heterocycles. The number of nitrogens with zero attached hydrogens (tertiary/aromatic N) is 1. The van der Waals surface area contributed by atoms with Crippen molar-refractivity contribution in [2.24, 2.45) is 0 Å². The SMILES string of the molecule is CCCCC[C@H]1Sc2c(c3ccccc3n2C(=O)OC(C)(C)C)C=C1C=O. The van der Waals surface area contributed by atoms with Crippen LogP contribution in [-0.4, -0.2) is 27.8 Å². The van der Waals surface area contributed by atoms with E-state index in [1.165, 1.54) is 0 Å². The van der Waals surface area contributed by atoms with Gasteiger partial charge in [-0.15, -0.1) is 0 Å². The minimum Gasteiger partial charge on any atom is -0.443 e. The van der Waals surface area contributed by atoms with E-state index in [1.54, 1.807) is 16.3 Å². The lowest BCUT2D eigenvalue weighted by Crippen LogP contribution is -2.28. The first-order valence-electron chi connectivity index (χ1n) is 9.56. The Labute approximate surface area is 165 Å². The number of fused-ring (bicyclic) bond motifs is 3. The largest absolute Gasteiger partial charge is 0.443 e. The lowest BCUT2D eigenvalue weighted by molar-refractivity contribution is -0.104. The molecular formula is C22H27NO3S. The van der Waals surface area contributed by atoms with Crippen molar-refractivity contribution in [1.82, 2.24) is 4.57 Å². The maximum Gasteiger partial charge on any atom is 0.419 e. The summed E-state index contributed by atoms with van der Waals surface area (Å²) in [4.78, 5) is 24.7. The second-order valence-electron chi connectivity index (χ2n) is 7.92. The first-order valence-corrected chi connectivity index (χ1v) is 10.4. The number of carbonyl (C=O) groups is 2. The Morgan fingerprint density at radius 1 is 1.26 bits per heavy atom. The van der Waals surface area contributed by atoms with Gasteiger partial charge in [0.2, 0.25) is 0 Å². The zero-order valence-corrected chi connectivity index (χ0v) is 17.3. The fraction of sp³-hybridized carbons (Fsp3) is 0.455. The van der Waals surface area contributed by atoms with E-state index >= 15 is 0 Å². The predicted molar refractivity (Wildman–Crippen MR) is 111 cm³/mol. The number of aromatic nitrogens is 1. The van der Waals surface area contributed by atoms with Gasteiger partial charge in [0.25, 0.3) is 0 Å². The summed E-state index contributed by atoms with van der Waals surface area (Å²) in [6.07, 6.45) is 6.83. The van der Waals surface area contributed by atoms with Crippen molar-refractivity contribution >= 4 is 41.1 Å². The van der Waals surface area contributed by atoms with E-state index in [2.05, 4.69) is 6.92 Å². The third-order valence-electron chi connectivity index (χ3n) is 4.59. The quantitative estimate of drug-likeness (QED) is 0.463. The molecule has 1 aromatic heterocycles. The molecule has 27 heavy (non-hydrogen) atoms. The van der Waals surface area contributed by atoms with Crippen LogP contribution in [0.25, 0.3) is 17.0 Å². The molecule has 0 fully saturated rings. The van der Waals surface area contributed by atoms with Gasteiger partial charge in [-0.1, -0.05) is 56.1 Å². The summed E-state index contributed by atoms with van der Waals surface area (Å²) in [5.41, 5.74) is 1.99. The van der Waals surface area contributed by atoms with Crippen molar-refractivity contribution in [3.8, 4) is 0 Å². The summed E-state index contributed by atoms with van der Waals surface area (Å²) in [6, 6.07) is 7.79. The van der Waals surface area contributed by atoms with Gasteiger partial charge in [0, 0.05) is 21.8 Å². The Balaban J connectivity index is 2.09. The molecule has 0 bridgehead atoms. The highest BCUT2D eigenvalue weighted by Crippen LogP contribution is 2.44. The minimum absolute atomic E-state index is 0.0760. The van der Waals surface area contributed by atoms with E-state index in [1.807, 2.05) is 51.1 Å². The molecule has 1 aliphatic heterocycles. The van der Waals surface area contributed by atoms with Crippen LogP contribution in [0.2, 0.25) is 0 Å². The van der Waals surface area contributed by atoms with Crippen molar-refractivity contribution < 1.29 is 14.3 Å². The summed E-state index contributed by atoms with van der Waals surface area (Å²) in [5, 5.41) is 1.92. The van der Waals surface area contributed by atoms with Gasteiger partial charge in [0.1, 0.15) is 11.9 Å². The Hall–Kier alpha value is -2.01. The fourth-order valence-electron chi connectivity index (χ4n) is 3.36. The molecule has 4 nitrogen and oxygen atoms in total. The molecule has 0 N–H and O–H groups in total. The topological polar surface area (TPSA) is 48.3 Å². The molecule has 5 heteroatoms. The molecule has 0 saturated heterocycles. The van der Waals surface area contributed by atoms with E-state index in [0.717, 1.165) is 59.0 Å². The number of para-hydroxylation sites is 1. The number of rotatable bonds is 5. The van der Waals surface area contributed by atoms with E-state index in [-0.39, 0.29) is 11.3 Å². The van der Waals surface area contributed by atoms with Gasteiger partial charge in [-0.25, -0.2) is 9.36 Å². The third kappa shape index (κ3) is 4.13. The monoisotopic (exact) mass is 385 g/mol. The average Bonchev–Trinajstić information content (AvgIpc) is 2.93. The van der Waals surface area contributed by atoms with Crippen LogP contribution in [0.15, 0.2) is 34.9 Å². The summed E-state index contributed by atoms with van der Waals surface area (Å²) in [7, 11) is 0. The molecule has 2 aromatic rings. The summed E-state index contributed by atoms with van der Waals surface area (Å²) < 4.78 is 7.34. The molecule has 0 unspecified atom stereocenters. The number of unbranched alkanes of at least 4 members (excludes halogenated alkanes) is 2. The first kappa shape index (κ1) is 19.7. The van der Waals surface area contributed by atoms with E-state index < -0.39 is 5.60 Å². The maximum absolute atomic E-state index is 13.0. The number of aldehydes is 1. The second-order valence-corrected chi connectivity index (χ2v) is 9.11. The standard InChI is InChI=1S/C22H27NO3S/c1-5-6-7-12-19-15(14-24)13-17-16-10-8-9-11-18(16)23(20(17)27-19)21(25)26-22(2,3)4/h8-11,13-14,19H,5-7,12H2,1-4H3/t19-/m1/s1. The van der Waals surface area contributed by atoms with Gasteiger partial charge in [0.15, 0.2) is 0 Å². The fourth-order valence-corrected chi connectivity index (χ4v) is 4.75. The lowest BCUT2D eigenvalue weighted by atomic mass is 10.0. The van der Waals surface area contributed by atoms with Gasteiger partial charge in [-0.05, 0) is 39.3 Å². The van der Waals surface area contributed by atoms with Crippen molar-refractivity contribution in [3.05, 3.63) is 35.4 Å². The molecule has 0 amide bonds. The summed E-state index contributed by atoms with van der Waals surface area (Å²) in [6.45, 7) is 7.78. The first-order chi connectivity index (χ1) is 12.9. The van der Waals surface area contributed by atoms with Gasteiger partial charge in [0.05, 0.1) is 10.5 Å². The molecule has 3 rings (SSSR count). The number of hydrogen-bond acceptors (Lipinski definition) is 4. The predicted octanol–water partition coefficient (Wildman–Crippen LogP) is 6.06. The van der Waals surface area contributed by atoms with Gasteiger partial charge >= 0.3 is 6.09 Å². The highest BCUT2D eigenvalue weighted by Gasteiger charge is 2.31. The van der Waals surface area contributed by atoms with Crippen molar-refractivity contribution in [2.45, 2.75) is 69.3 Å². The zero-order valence-electron chi connectivity index (χ0n) is 16.5. The molecule has 1 atom stereocenters. The lowest BCUT2D eigenvalue weighted by Gasteiger charge is -2.24. The molecule has 0 spiro atoms. The zero-order chi connectivity index (χ0) is 19.6. The smallest absolute Gasteiger partial charge is 0.419 e. The molecule has 144 valence electrons. The molecule has 0 saturated carbocycles. The van der Waals surface area contributed by atoms with Gasteiger partial charge < -0.3 is 4.74 Å². The van der Waals surface area contributed by atoms with E-state index in [4.69, 9.17) is 4.74 Å². The number of benzene rings is 1. The van der Waals surface area contributed by atoms with Crippen molar-refractivity contribution in [2.75, 3.05) is 0 Å². The van der Waals surface area contributed by atoms with Crippen LogP contribution in [0.4, 0.5) is 4.79 Å². The molecular weight excluding hydrogens is 358 g/mol. The van der Waals surface area contributed by atoms with Gasteiger partial charge in [-0.3, -0.25) is 4.79 Å². The number of carbonyl (C=O) groups excluding carboxylic acids is 2. The Kier molecular flexibility index (Phi) is 5.80. The van der Waals surface area contributed by atoms with Crippen molar-refractivity contribution in [3.63, 3.8) is 0 Å². The Bertz CT molecular complexity index is 889. The van der Waals surface area contributed by atoms with Crippen LogP contribution in [0.5, 0.6) is 0 Å². The summed E-state index contributed by atoms with van der Waals surface area (Å²) >= 11 is 1.61. The highest BCUT2D eigenvalue weighted by atomic mass is 32.2. The average molecular weight is 386 g/mol. The maximum atomic E-state index is 13.0. The van der Waals surface area contributed by atoms with Crippen LogP contribution in [0.3, 0.4) is 0 Å². The minimum atomic E-state index is -0.570. The van der Waals surface area contributed by atoms with E-state index in [0.29, 0.717) is 0 Å². The number of ether oxygens (including phenoxy) is 1. The highest BCUT2D eigenvalue weighted by molar-refractivity contribution is 8.00. The third-order valence-corrected chi connectivity index (χ3v) is 6.01. The Morgan fingerprint density at radius 2 is 2.00 bits per heavy atom. The van der Waals surface area contributed by atoms with Crippen molar-refractivity contribution in [1.29, 1.82) is 0 Å². The number of hydrogen-bond donors (Lipinski definition) is 0. The molecule has 1 aromatic carbocycles. The van der Waals surface area contributed by atoms with Gasteiger partial charge in [-0.2, -0.15) is 0 Å².